The number of hydrogen-bond donors (Lipinski definition) is 1. The molecular weight excluding hydrogens is 132 g/mol. The first kappa shape index (κ1) is 9.88. The maximum absolute atomic E-state index is 9.92. The van der Waals surface area contributed by atoms with Gasteiger partial charge in [-0.15, -0.1) is 0 Å². The summed E-state index contributed by atoms with van der Waals surface area (Å²) in [6, 6.07) is 0. The number of aliphatic hydroxyl groups excluding tert-OH is 1. The van der Waals surface area contributed by atoms with Crippen LogP contribution in [0.2, 0.25) is 0 Å². The van der Waals surface area contributed by atoms with Gasteiger partial charge in [-0.3, -0.25) is 0 Å². The molecule has 10 heavy (non-hydrogen) atoms. The molecule has 0 atom stereocenters. The summed E-state index contributed by atoms with van der Waals surface area (Å²) in [5.74, 6) is 0. The predicted octanol–water partition coefficient (Wildman–Crippen LogP) is 0.596. The van der Waals surface area contributed by atoms with Gasteiger partial charge >= 0.3 is 0 Å². The van der Waals surface area contributed by atoms with Gasteiger partial charge in [-0.25, -0.2) is 5.11 Å². The Labute approximate surface area is 61.6 Å². The zero-order valence-corrected chi connectivity index (χ0v) is 6.21. The van der Waals surface area contributed by atoms with Crippen molar-refractivity contribution in [3.8, 4) is 0 Å². The fourth-order valence-electron chi connectivity index (χ4n) is 0.575. The second-order valence-corrected chi connectivity index (χ2v) is 2.10. The first-order valence-corrected chi connectivity index (χ1v) is 3.68. The van der Waals surface area contributed by atoms with Gasteiger partial charge in [-0.2, -0.15) is 0 Å². The maximum atomic E-state index is 9.92. The standard InChI is InChI=1S/C7H15O3/c8-4-1-2-6-10-7-3-5-9/h9H,1-7H2. The van der Waals surface area contributed by atoms with Crippen LogP contribution in [0.4, 0.5) is 0 Å². The molecule has 0 saturated carbocycles. The van der Waals surface area contributed by atoms with Gasteiger partial charge in [0.15, 0.2) is 0 Å². The zero-order chi connectivity index (χ0) is 7.66. The Morgan fingerprint density at radius 1 is 1.10 bits per heavy atom. The Bertz CT molecular complexity index is 48.8. The number of rotatable bonds is 7. The smallest absolute Gasteiger partial charge is 0.0823 e. The molecule has 0 heterocycles. The molecule has 0 unspecified atom stereocenters. The Hall–Kier alpha value is -0.120. The van der Waals surface area contributed by atoms with Crippen molar-refractivity contribution < 1.29 is 14.9 Å². The fourth-order valence-corrected chi connectivity index (χ4v) is 0.575. The van der Waals surface area contributed by atoms with Crippen LogP contribution >= 0.6 is 0 Å². The van der Waals surface area contributed by atoms with Crippen molar-refractivity contribution in [1.29, 1.82) is 0 Å². The molecule has 0 amide bonds. The molecule has 0 bridgehead atoms. The van der Waals surface area contributed by atoms with E-state index in [1.165, 1.54) is 0 Å². The van der Waals surface area contributed by atoms with Crippen LogP contribution in [-0.2, 0) is 9.84 Å². The molecule has 0 spiro atoms. The summed E-state index contributed by atoms with van der Waals surface area (Å²) in [4.78, 5) is 0. The second kappa shape index (κ2) is 8.88. The summed E-state index contributed by atoms with van der Waals surface area (Å²) in [5.41, 5.74) is 0. The molecule has 0 aliphatic heterocycles. The van der Waals surface area contributed by atoms with Gasteiger partial charge in [0, 0.05) is 19.8 Å². The van der Waals surface area contributed by atoms with Crippen LogP contribution in [0.3, 0.4) is 0 Å². The Kier molecular flexibility index (Phi) is 8.77. The Morgan fingerprint density at radius 3 is 2.40 bits per heavy atom. The van der Waals surface area contributed by atoms with E-state index in [9.17, 15) is 5.11 Å². The van der Waals surface area contributed by atoms with Crippen molar-refractivity contribution in [3.05, 3.63) is 0 Å². The summed E-state index contributed by atoms with van der Waals surface area (Å²) in [6.07, 6.45) is 2.23. The molecule has 0 rings (SSSR count). The van der Waals surface area contributed by atoms with Crippen LogP contribution in [0.25, 0.3) is 0 Å². The maximum Gasteiger partial charge on any atom is 0.0823 e. The molecule has 0 aromatic rings. The summed E-state index contributed by atoms with van der Waals surface area (Å²) in [5, 5.41) is 18.3. The van der Waals surface area contributed by atoms with Crippen LogP contribution in [0.5, 0.6) is 0 Å². The second-order valence-electron chi connectivity index (χ2n) is 2.10. The third-order valence-corrected chi connectivity index (χ3v) is 1.13. The largest absolute Gasteiger partial charge is 0.396 e. The lowest BCUT2D eigenvalue weighted by molar-refractivity contribution is 0.103. The number of ether oxygens (including phenoxy) is 1. The van der Waals surface area contributed by atoms with E-state index in [1.54, 1.807) is 0 Å². The monoisotopic (exact) mass is 147 g/mol. The van der Waals surface area contributed by atoms with Crippen LogP contribution in [0, 0.1) is 0 Å². The van der Waals surface area contributed by atoms with Crippen LogP contribution in [0.15, 0.2) is 0 Å². The minimum Gasteiger partial charge on any atom is -0.396 e. The average molecular weight is 147 g/mol. The molecule has 1 N–H and O–H groups in total. The fraction of sp³-hybridized carbons (Fsp3) is 1.00. The van der Waals surface area contributed by atoms with Crippen molar-refractivity contribution in [2.75, 3.05) is 26.4 Å². The van der Waals surface area contributed by atoms with Gasteiger partial charge in [-0.1, -0.05) is 0 Å². The van der Waals surface area contributed by atoms with Gasteiger partial charge in [0.25, 0.3) is 0 Å². The van der Waals surface area contributed by atoms with Crippen molar-refractivity contribution in [2.45, 2.75) is 19.3 Å². The third kappa shape index (κ3) is 7.88. The summed E-state index contributed by atoms with van der Waals surface area (Å²) >= 11 is 0. The quantitative estimate of drug-likeness (QED) is 0.536. The number of aliphatic hydroxyl groups is 1. The lowest BCUT2D eigenvalue weighted by Crippen LogP contribution is -1.99. The summed E-state index contributed by atoms with van der Waals surface area (Å²) < 4.78 is 5.08. The van der Waals surface area contributed by atoms with Crippen molar-refractivity contribution in [1.82, 2.24) is 0 Å². The van der Waals surface area contributed by atoms with Crippen molar-refractivity contribution in [3.63, 3.8) is 0 Å². The van der Waals surface area contributed by atoms with Crippen LogP contribution in [0.1, 0.15) is 19.3 Å². The van der Waals surface area contributed by atoms with E-state index in [0.29, 0.717) is 26.1 Å². The topological polar surface area (TPSA) is 49.4 Å². The van der Waals surface area contributed by atoms with E-state index in [1.807, 2.05) is 0 Å². The molecule has 0 aliphatic rings. The SMILES string of the molecule is [O]CCCCOCCCO. The Balaban J connectivity index is 2.65. The summed E-state index contributed by atoms with van der Waals surface area (Å²) in [6.45, 7) is 1.43. The summed E-state index contributed by atoms with van der Waals surface area (Å²) in [7, 11) is 0. The van der Waals surface area contributed by atoms with Gasteiger partial charge in [0.2, 0.25) is 0 Å². The van der Waals surface area contributed by atoms with E-state index >= 15 is 0 Å². The molecular formula is C7H15O3. The highest BCUT2D eigenvalue weighted by Gasteiger charge is 1.87. The highest BCUT2D eigenvalue weighted by Crippen LogP contribution is 1.89. The minimum atomic E-state index is -0.0106. The molecule has 0 aromatic heterocycles. The van der Waals surface area contributed by atoms with Crippen molar-refractivity contribution in [2.24, 2.45) is 0 Å². The first-order chi connectivity index (χ1) is 4.91. The van der Waals surface area contributed by atoms with Crippen LogP contribution < -0.4 is 0 Å². The van der Waals surface area contributed by atoms with Crippen LogP contribution in [-0.4, -0.2) is 31.5 Å². The van der Waals surface area contributed by atoms with Gasteiger partial charge in [0.1, 0.15) is 0 Å². The lowest BCUT2D eigenvalue weighted by Gasteiger charge is -2.00. The van der Waals surface area contributed by atoms with Gasteiger partial charge in [0.05, 0.1) is 6.61 Å². The molecule has 3 heteroatoms. The number of unbranched alkanes of at least 4 members (excludes halogenated alkanes) is 1. The highest BCUT2D eigenvalue weighted by molar-refractivity contribution is 4.36. The molecule has 0 saturated heterocycles. The molecule has 3 nitrogen and oxygen atoms in total. The molecule has 0 aliphatic carbocycles. The van der Waals surface area contributed by atoms with E-state index < -0.39 is 0 Å². The van der Waals surface area contributed by atoms with Crippen molar-refractivity contribution >= 4 is 0 Å². The van der Waals surface area contributed by atoms with E-state index in [4.69, 9.17) is 9.84 Å². The first-order valence-electron chi connectivity index (χ1n) is 3.68. The molecule has 0 fully saturated rings. The molecule has 0 aromatic carbocycles. The normalized spacial score (nSPS) is 10.2. The Morgan fingerprint density at radius 2 is 1.80 bits per heavy atom. The average Bonchev–Trinajstić information content (AvgIpc) is 1.97. The van der Waals surface area contributed by atoms with Gasteiger partial charge in [-0.05, 0) is 19.3 Å². The molecule has 1 radical (unpaired) electrons. The zero-order valence-electron chi connectivity index (χ0n) is 6.21. The van der Waals surface area contributed by atoms with Gasteiger partial charge < -0.3 is 9.84 Å². The predicted molar refractivity (Wildman–Crippen MR) is 37.3 cm³/mol. The third-order valence-electron chi connectivity index (χ3n) is 1.13. The minimum absolute atomic E-state index is 0.0106. The number of hydrogen-bond acceptors (Lipinski definition) is 2. The van der Waals surface area contributed by atoms with E-state index in [0.717, 1.165) is 6.42 Å². The van der Waals surface area contributed by atoms with E-state index in [2.05, 4.69) is 0 Å². The lowest BCUT2D eigenvalue weighted by atomic mass is 10.3. The van der Waals surface area contributed by atoms with E-state index in [-0.39, 0.29) is 13.2 Å². The molecule has 61 valence electrons. The highest BCUT2D eigenvalue weighted by atomic mass is 16.5.